The Morgan fingerprint density at radius 1 is 1.20 bits per heavy atom. The molecule has 0 aliphatic carbocycles. The number of rotatable bonds is 5. The molecule has 25 heavy (non-hydrogen) atoms. The van der Waals surface area contributed by atoms with Gasteiger partial charge in [0, 0.05) is 0 Å². The van der Waals surface area contributed by atoms with Crippen LogP contribution >= 0.6 is 11.3 Å². The van der Waals surface area contributed by atoms with Crippen molar-refractivity contribution in [3.8, 4) is 16.5 Å². The zero-order valence-corrected chi connectivity index (χ0v) is 15.2. The summed E-state index contributed by atoms with van der Waals surface area (Å²) in [7, 11) is 0. The van der Waals surface area contributed by atoms with E-state index < -0.39 is 0 Å². The minimum absolute atomic E-state index is 0.0376. The fourth-order valence-electron chi connectivity index (χ4n) is 2.42. The van der Waals surface area contributed by atoms with E-state index >= 15 is 0 Å². The van der Waals surface area contributed by atoms with Crippen LogP contribution in [0.25, 0.3) is 10.8 Å². The molecule has 0 spiro atoms. The molecule has 1 aromatic carbocycles. The van der Waals surface area contributed by atoms with Crippen molar-refractivity contribution < 1.29 is 13.9 Å². The van der Waals surface area contributed by atoms with Crippen LogP contribution in [0, 0.1) is 27.7 Å². The predicted molar refractivity (Wildman–Crippen MR) is 94.9 cm³/mol. The summed E-state index contributed by atoms with van der Waals surface area (Å²) in [6.45, 7) is 7.51. The van der Waals surface area contributed by atoms with Gasteiger partial charge in [0.2, 0.25) is 0 Å². The number of para-hydroxylation sites is 1. The summed E-state index contributed by atoms with van der Waals surface area (Å²) in [5.41, 5.74) is 2.77. The van der Waals surface area contributed by atoms with Crippen molar-refractivity contribution in [1.29, 1.82) is 0 Å². The summed E-state index contributed by atoms with van der Waals surface area (Å²) in [5.74, 6) is 0.684. The highest BCUT2D eigenvalue weighted by Gasteiger charge is 2.16. The maximum atomic E-state index is 12.1. The number of carbonyl (C=O) groups is 1. The van der Waals surface area contributed by atoms with Crippen LogP contribution in [-0.2, 0) is 4.79 Å². The highest BCUT2D eigenvalue weighted by atomic mass is 32.1. The molecule has 0 saturated carbocycles. The van der Waals surface area contributed by atoms with E-state index in [-0.39, 0.29) is 18.5 Å². The standard InChI is InChI=1S/C17H18N4O3S/c1-9-6-5-7-10(2)14(9)23-8-13(22)19-17-21-20-16(24-17)15-11(3)18-12(4)25-15/h5-7H,8H2,1-4H3,(H,19,21,22). The molecule has 2 aromatic heterocycles. The van der Waals surface area contributed by atoms with Gasteiger partial charge in [-0.3, -0.25) is 10.1 Å². The molecular weight excluding hydrogens is 340 g/mol. The second kappa shape index (κ2) is 7.02. The number of aryl methyl sites for hydroxylation is 4. The molecule has 0 fully saturated rings. The summed E-state index contributed by atoms with van der Waals surface area (Å²) >= 11 is 1.47. The van der Waals surface area contributed by atoms with Crippen LogP contribution in [0.5, 0.6) is 5.75 Å². The molecule has 1 amide bonds. The van der Waals surface area contributed by atoms with Crippen LogP contribution in [-0.4, -0.2) is 27.7 Å². The second-order valence-corrected chi connectivity index (χ2v) is 6.82. The van der Waals surface area contributed by atoms with Crippen LogP contribution in [0.3, 0.4) is 0 Å². The number of hydrogen-bond acceptors (Lipinski definition) is 7. The van der Waals surface area contributed by atoms with Crippen LogP contribution < -0.4 is 10.1 Å². The third kappa shape index (κ3) is 3.85. The molecule has 8 heteroatoms. The van der Waals surface area contributed by atoms with E-state index in [0.717, 1.165) is 26.7 Å². The monoisotopic (exact) mass is 358 g/mol. The number of amides is 1. The molecule has 0 saturated heterocycles. The van der Waals surface area contributed by atoms with Crippen LogP contribution in [0.4, 0.5) is 6.01 Å². The number of nitrogens with zero attached hydrogens (tertiary/aromatic N) is 3. The maximum Gasteiger partial charge on any atom is 0.322 e. The number of carbonyl (C=O) groups excluding carboxylic acids is 1. The Kier molecular flexibility index (Phi) is 4.80. The number of anilines is 1. The van der Waals surface area contributed by atoms with Crippen molar-refractivity contribution in [1.82, 2.24) is 15.2 Å². The van der Waals surface area contributed by atoms with E-state index in [4.69, 9.17) is 9.15 Å². The van der Waals surface area contributed by atoms with Gasteiger partial charge in [-0.25, -0.2) is 4.98 Å². The molecule has 2 heterocycles. The van der Waals surface area contributed by atoms with Gasteiger partial charge in [0.1, 0.15) is 10.6 Å². The van der Waals surface area contributed by atoms with Crippen molar-refractivity contribution in [2.75, 3.05) is 11.9 Å². The molecule has 0 unspecified atom stereocenters. The molecule has 0 radical (unpaired) electrons. The molecular formula is C17H18N4O3S. The molecule has 0 bridgehead atoms. The van der Waals surface area contributed by atoms with E-state index in [1.54, 1.807) is 0 Å². The van der Waals surface area contributed by atoms with E-state index in [1.165, 1.54) is 11.3 Å². The lowest BCUT2D eigenvalue weighted by atomic mass is 10.1. The zero-order chi connectivity index (χ0) is 18.0. The molecule has 0 atom stereocenters. The lowest BCUT2D eigenvalue weighted by Crippen LogP contribution is -2.20. The average Bonchev–Trinajstić information content (AvgIpc) is 3.12. The molecule has 0 aliphatic rings. The number of benzene rings is 1. The van der Waals surface area contributed by atoms with Crippen molar-refractivity contribution in [3.05, 3.63) is 40.0 Å². The summed E-state index contributed by atoms with van der Waals surface area (Å²) in [6, 6.07) is 5.85. The van der Waals surface area contributed by atoms with Crippen molar-refractivity contribution >= 4 is 23.3 Å². The van der Waals surface area contributed by atoms with E-state index in [0.29, 0.717) is 11.6 Å². The molecule has 3 aromatic rings. The highest BCUT2D eigenvalue weighted by Crippen LogP contribution is 2.29. The molecule has 3 rings (SSSR count). The van der Waals surface area contributed by atoms with E-state index in [2.05, 4.69) is 20.5 Å². The fourth-order valence-corrected chi connectivity index (χ4v) is 3.26. The third-order valence-corrected chi connectivity index (χ3v) is 4.59. The molecule has 0 aliphatic heterocycles. The lowest BCUT2D eigenvalue weighted by molar-refractivity contribution is -0.118. The number of hydrogen-bond donors (Lipinski definition) is 1. The topological polar surface area (TPSA) is 90.1 Å². The quantitative estimate of drug-likeness (QED) is 0.751. The van der Waals surface area contributed by atoms with E-state index in [9.17, 15) is 4.79 Å². The Morgan fingerprint density at radius 2 is 1.92 bits per heavy atom. The largest absolute Gasteiger partial charge is 0.483 e. The number of ether oxygens (including phenoxy) is 1. The Bertz CT molecular complexity index is 896. The number of nitrogens with one attached hydrogen (secondary N) is 1. The Morgan fingerprint density at radius 3 is 2.56 bits per heavy atom. The Labute approximate surface area is 149 Å². The van der Waals surface area contributed by atoms with Crippen LogP contribution in [0.1, 0.15) is 21.8 Å². The zero-order valence-electron chi connectivity index (χ0n) is 14.4. The van der Waals surface area contributed by atoms with Gasteiger partial charge in [-0.05, 0) is 38.8 Å². The van der Waals surface area contributed by atoms with Crippen LogP contribution in [0.15, 0.2) is 22.6 Å². The van der Waals surface area contributed by atoms with Gasteiger partial charge in [0.15, 0.2) is 6.61 Å². The highest BCUT2D eigenvalue weighted by molar-refractivity contribution is 7.15. The number of aromatic nitrogens is 3. The maximum absolute atomic E-state index is 12.1. The molecule has 130 valence electrons. The van der Waals surface area contributed by atoms with E-state index in [1.807, 2.05) is 45.9 Å². The SMILES string of the molecule is Cc1nc(C)c(-c2nnc(NC(=O)COc3c(C)cccc3C)o2)s1. The Hall–Kier alpha value is -2.74. The number of thiazole rings is 1. The smallest absolute Gasteiger partial charge is 0.322 e. The van der Waals surface area contributed by atoms with Gasteiger partial charge in [-0.1, -0.05) is 23.3 Å². The first kappa shape index (κ1) is 17.1. The van der Waals surface area contributed by atoms with Crippen LogP contribution in [0.2, 0.25) is 0 Å². The first-order valence-corrected chi connectivity index (χ1v) is 8.52. The summed E-state index contributed by atoms with van der Waals surface area (Å²) in [6.07, 6.45) is 0. The molecule has 7 nitrogen and oxygen atoms in total. The Balaban J connectivity index is 1.63. The fraction of sp³-hybridized carbons (Fsp3) is 0.294. The summed E-state index contributed by atoms with van der Waals surface area (Å²) in [4.78, 5) is 17.2. The van der Waals surface area contributed by atoms with Crippen molar-refractivity contribution in [3.63, 3.8) is 0 Å². The first-order chi connectivity index (χ1) is 11.9. The van der Waals surface area contributed by atoms with Crippen molar-refractivity contribution in [2.24, 2.45) is 0 Å². The summed E-state index contributed by atoms with van der Waals surface area (Å²) in [5, 5.41) is 11.3. The van der Waals surface area contributed by atoms with Gasteiger partial charge in [-0.2, -0.15) is 0 Å². The molecule has 1 N–H and O–H groups in total. The average molecular weight is 358 g/mol. The van der Waals surface area contributed by atoms with Gasteiger partial charge in [0.25, 0.3) is 11.8 Å². The third-order valence-electron chi connectivity index (χ3n) is 3.53. The first-order valence-electron chi connectivity index (χ1n) is 7.71. The van der Waals surface area contributed by atoms with Gasteiger partial charge < -0.3 is 9.15 Å². The van der Waals surface area contributed by atoms with Gasteiger partial charge in [-0.15, -0.1) is 16.4 Å². The lowest BCUT2D eigenvalue weighted by Gasteiger charge is -2.10. The normalized spacial score (nSPS) is 10.7. The summed E-state index contributed by atoms with van der Waals surface area (Å²) < 4.78 is 11.1. The second-order valence-electron chi connectivity index (χ2n) is 5.62. The van der Waals surface area contributed by atoms with Crippen molar-refractivity contribution in [2.45, 2.75) is 27.7 Å². The minimum Gasteiger partial charge on any atom is -0.483 e. The minimum atomic E-state index is -0.366. The van der Waals surface area contributed by atoms with Gasteiger partial charge in [0.05, 0.1) is 10.7 Å². The van der Waals surface area contributed by atoms with Gasteiger partial charge >= 0.3 is 6.01 Å². The predicted octanol–water partition coefficient (Wildman–Crippen LogP) is 3.44.